The Labute approximate surface area is 458 Å². The van der Waals surface area contributed by atoms with Gasteiger partial charge in [0.15, 0.2) is 0 Å². The van der Waals surface area contributed by atoms with Gasteiger partial charge in [-0.2, -0.15) is 0 Å². The van der Waals surface area contributed by atoms with Gasteiger partial charge in [0, 0.05) is 67.6 Å². The van der Waals surface area contributed by atoms with E-state index in [9.17, 15) is 0 Å². The molecule has 0 fully saturated rings. The zero-order chi connectivity index (χ0) is 52.3. The summed E-state index contributed by atoms with van der Waals surface area (Å²) in [5.41, 5.74) is 17.4. The van der Waals surface area contributed by atoms with E-state index < -0.39 is 0 Å². The Morgan fingerprint density at radius 2 is 0.359 bits per heavy atom. The Hall–Kier alpha value is -10.4. The molecule has 372 valence electrons. The Kier molecular flexibility index (Phi) is 14.3. The monoisotopic (exact) mass is 1000 g/mol. The van der Waals surface area contributed by atoms with E-state index in [2.05, 4.69) is 359 Å². The van der Waals surface area contributed by atoms with Crippen LogP contribution in [0.4, 0.5) is 68.2 Å². The highest BCUT2D eigenvalue weighted by atomic mass is 15.2. The van der Waals surface area contributed by atoms with Crippen molar-refractivity contribution in [1.29, 1.82) is 0 Å². The van der Waals surface area contributed by atoms with Crippen molar-refractivity contribution in [3.63, 3.8) is 0 Å². The molecule has 0 radical (unpaired) electrons. The van der Waals surface area contributed by atoms with Gasteiger partial charge in [-0.25, -0.2) is 0 Å². The van der Waals surface area contributed by atoms with Crippen LogP contribution in [0.1, 0.15) is 22.3 Å². The quantitative estimate of drug-likeness (QED) is 0.0894. The fraction of sp³-hybridized carbons (Fsp3) is 0. The molecule has 78 heavy (non-hydrogen) atoms. The molecule has 12 rings (SSSR count). The first kappa shape index (κ1) is 48.5. The Morgan fingerprint density at radius 3 is 0.628 bits per heavy atom. The molecule has 0 saturated heterocycles. The van der Waals surface area contributed by atoms with Crippen LogP contribution in [0.2, 0.25) is 0 Å². The second-order valence-electron chi connectivity index (χ2n) is 19.0. The third-order valence-electron chi connectivity index (χ3n) is 14.0. The summed E-state index contributed by atoms with van der Waals surface area (Å²) < 4.78 is 0. The summed E-state index contributed by atoms with van der Waals surface area (Å²) in [7, 11) is 0. The lowest BCUT2D eigenvalue weighted by Crippen LogP contribution is -2.14. The van der Waals surface area contributed by atoms with Crippen molar-refractivity contribution < 1.29 is 0 Å². The van der Waals surface area contributed by atoms with E-state index in [1.807, 2.05) is 0 Å². The molecule has 12 aromatic rings. The third-order valence-corrected chi connectivity index (χ3v) is 14.0. The summed E-state index contributed by atoms with van der Waals surface area (Å²) >= 11 is 0. The number of hydrogen-bond acceptors (Lipinski definition) is 4. The molecule has 0 bridgehead atoms. The van der Waals surface area contributed by atoms with Crippen LogP contribution >= 0.6 is 0 Å². The van der Waals surface area contributed by atoms with E-state index in [0.717, 1.165) is 101 Å². The second kappa shape index (κ2) is 23.0. The minimum absolute atomic E-state index is 1.04. The molecule has 0 aliphatic carbocycles. The third kappa shape index (κ3) is 10.7. The average Bonchev–Trinajstić information content (AvgIpc) is 3.63. The lowest BCUT2D eigenvalue weighted by molar-refractivity contribution is 1.26. The minimum Gasteiger partial charge on any atom is -0.311 e. The van der Waals surface area contributed by atoms with E-state index in [-0.39, 0.29) is 0 Å². The van der Waals surface area contributed by atoms with Crippen LogP contribution in [0.3, 0.4) is 0 Å². The summed E-state index contributed by atoms with van der Waals surface area (Å²) in [6.07, 6.45) is 8.69. The molecule has 4 heteroatoms. The smallest absolute Gasteiger partial charge is 0.0540 e. The molecule has 0 aliphatic rings. The molecule has 0 saturated carbocycles. The predicted octanol–water partition coefficient (Wildman–Crippen LogP) is 21.1. The van der Waals surface area contributed by atoms with Gasteiger partial charge in [0.05, 0.1) is 11.4 Å². The molecule has 4 nitrogen and oxygen atoms in total. The van der Waals surface area contributed by atoms with Gasteiger partial charge in [-0.3, -0.25) is 0 Å². The van der Waals surface area contributed by atoms with Gasteiger partial charge in [0.1, 0.15) is 0 Å². The van der Waals surface area contributed by atoms with Crippen molar-refractivity contribution in [2.45, 2.75) is 0 Å². The number of para-hydroxylation sites is 4. The normalized spacial score (nSPS) is 11.2. The van der Waals surface area contributed by atoms with Crippen LogP contribution in [-0.4, -0.2) is 0 Å². The summed E-state index contributed by atoms with van der Waals surface area (Å²) in [6, 6.07) is 112. The maximum absolute atomic E-state index is 2.39. The Morgan fingerprint density at radius 1 is 0.154 bits per heavy atom. The van der Waals surface area contributed by atoms with Crippen molar-refractivity contribution in [2.24, 2.45) is 0 Å². The van der Waals surface area contributed by atoms with Gasteiger partial charge in [-0.05, 0) is 156 Å². The maximum atomic E-state index is 2.39. The first-order chi connectivity index (χ1) is 38.7. The fourth-order valence-electron chi connectivity index (χ4n) is 10.2. The highest BCUT2D eigenvalue weighted by Crippen LogP contribution is 2.46. The minimum atomic E-state index is 1.04. The van der Waals surface area contributed by atoms with Crippen molar-refractivity contribution >= 4 is 103 Å². The molecular formula is C74H56N4. The zero-order valence-electron chi connectivity index (χ0n) is 43.1. The lowest BCUT2D eigenvalue weighted by Gasteiger charge is -2.31. The number of rotatable bonds is 16. The van der Waals surface area contributed by atoms with Gasteiger partial charge in [0.25, 0.3) is 0 Å². The topological polar surface area (TPSA) is 13.0 Å². The molecular weight excluding hydrogens is 945 g/mol. The molecule has 0 unspecified atom stereocenters. The Balaban J connectivity index is 0.979. The number of anilines is 12. The van der Waals surface area contributed by atoms with Crippen LogP contribution in [0.5, 0.6) is 0 Å². The van der Waals surface area contributed by atoms with Gasteiger partial charge < -0.3 is 19.6 Å². The SMILES string of the molecule is C(=Cc1ccc(N(c2ccc(N(c3ccccc3)c3ccccc3)cc2)c2cccc3c(N(c4ccc(C=Cc5ccccc5)cc4)c4ccc(N(c5ccccc5)c5ccccc5)cc4)cccc23)cc1)c1ccccc1. The van der Waals surface area contributed by atoms with Gasteiger partial charge in [-0.1, -0.05) is 206 Å². The fourth-order valence-corrected chi connectivity index (χ4v) is 10.2. The molecule has 0 amide bonds. The zero-order valence-corrected chi connectivity index (χ0v) is 43.1. The number of hydrogen-bond donors (Lipinski definition) is 0. The van der Waals surface area contributed by atoms with E-state index in [4.69, 9.17) is 0 Å². The van der Waals surface area contributed by atoms with E-state index >= 15 is 0 Å². The van der Waals surface area contributed by atoms with Gasteiger partial charge in [-0.15, -0.1) is 0 Å². The molecule has 0 atom stereocenters. The van der Waals surface area contributed by atoms with E-state index in [0.29, 0.717) is 0 Å². The van der Waals surface area contributed by atoms with Crippen LogP contribution in [0, 0.1) is 0 Å². The second-order valence-corrected chi connectivity index (χ2v) is 19.0. The number of benzene rings is 12. The largest absolute Gasteiger partial charge is 0.311 e. The van der Waals surface area contributed by atoms with Crippen molar-refractivity contribution in [3.8, 4) is 0 Å². The highest BCUT2D eigenvalue weighted by molar-refractivity contribution is 6.07. The first-order valence-electron chi connectivity index (χ1n) is 26.5. The van der Waals surface area contributed by atoms with Crippen LogP contribution in [0.15, 0.2) is 315 Å². The van der Waals surface area contributed by atoms with Crippen LogP contribution in [-0.2, 0) is 0 Å². The Bertz CT molecular complexity index is 3560. The van der Waals surface area contributed by atoms with E-state index in [1.54, 1.807) is 0 Å². The molecule has 0 heterocycles. The summed E-state index contributed by atoms with van der Waals surface area (Å²) in [5.74, 6) is 0. The maximum Gasteiger partial charge on any atom is 0.0540 e. The number of fused-ring (bicyclic) bond motifs is 1. The van der Waals surface area contributed by atoms with Gasteiger partial charge in [0.2, 0.25) is 0 Å². The molecule has 0 N–H and O–H groups in total. The van der Waals surface area contributed by atoms with Crippen LogP contribution in [0.25, 0.3) is 35.1 Å². The standard InChI is InChI=1S/C74H56N4/c1-7-21-57(22-8-1)37-39-59-41-45-67(46-42-59)77(69-53-49-65(50-54-69)75(61-25-11-3-12-26-61)62-27-13-4-14-28-62)73-35-19-34-72-71(73)33-20-36-74(72)78(68-47-43-60(44-48-68)40-38-58-23-9-2-10-24-58)70-55-51-66(52-56-70)76(63-29-15-5-16-30-63)64-31-17-6-18-32-64/h1-56H. The lowest BCUT2D eigenvalue weighted by atomic mass is 10.0. The van der Waals surface area contributed by atoms with Crippen molar-refractivity contribution in [2.75, 3.05) is 19.6 Å². The number of nitrogens with zero attached hydrogens (tertiary/aromatic N) is 4. The molecule has 0 spiro atoms. The average molecular weight is 1000 g/mol. The van der Waals surface area contributed by atoms with Crippen molar-refractivity contribution in [3.05, 3.63) is 338 Å². The van der Waals surface area contributed by atoms with Crippen molar-refractivity contribution in [1.82, 2.24) is 0 Å². The molecule has 0 aliphatic heterocycles. The molecule has 12 aromatic carbocycles. The summed E-state index contributed by atoms with van der Waals surface area (Å²) in [4.78, 5) is 9.40. The van der Waals surface area contributed by atoms with Gasteiger partial charge >= 0.3 is 0 Å². The highest BCUT2D eigenvalue weighted by Gasteiger charge is 2.22. The van der Waals surface area contributed by atoms with E-state index in [1.165, 1.54) is 0 Å². The summed E-state index contributed by atoms with van der Waals surface area (Å²) in [5, 5.41) is 2.23. The van der Waals surface area contributed by atoms with Crippen LogP contribution < -0.4 is 19.6 Å². The first-order valence-corrected chi connectivity index (χ1v) is 26.5. The predicted molar refractivity (Wildman–Crippen MR) is 333 cm³/mol. The molecule has 0 aromatic heterocycles. The summed E-state index contributed by atoms with van der Waals surface area (Å²) in [6.45, 7) is 0.